The average molecular weight is 273 g/mol. The Morgan fingerprint density at radius 3 is 2.74 bits per heavy atom. The van der Waals surface area contributed by atoms with Crippen molar-refractivity contribution < 1.29 is 0 Å². The molecular formula is C15H19N3S. The third-order valence-corrected chi connectivity index (χ3v) is 3.50. The minimum atomic E-state index is 0.965. The van der Waals surface area contributed by atoms with Gasteiger partial charge in [-0.2, -0.15) is 0 Å². The Morgan fingerprint density at radius 1 is 1.16 bits per heavy atom. The van der Waals surface area contributed by atoms with Crippen molar-refractivity contribution in [2.75, 3.05) is 23.4 Å². The maximum Gasteiger partial charge on any atom is 0.0591 e. The largest absolute Gasteiger partial charge is 0.384 e. The number of rotatable bonds is 6. The summed E-state index contributed by atoms with van der Waals surface area (Å²) < 4.78 is 0. The SMILES string of the molecule is CCCNc1cncc(Nc2ccccc2SC)c1. The molecule has 0 aliphatic heterocycles. The Labute approximate surface area is 118 Å². The molecule has 0 amide bonds. The molecule has 0 fully saturated rings. The van der Waals surface area contributed by atoms with Gasteiger partial charge in [-0.3, -0.25) is 4.98 Å². The number of pyridine rings is 1. The van der Waals surface area contributed by atoms with Gasteiger partial charge in [0.05, 0.1) is 29.5 Å². The van der Waals surface area contributed by atoms with Gasteiger partial charge in [-0.15, -0.1) is 11.8 Å². The summed E-state index contributed by atoms with van der Waals surface area (Å²) in [5.41, 5.74) is 3.17. The van der Waals surface area contributed by atoms with Crippen LogP contribution >= 0.6 is 11.8 Å². The van der Waals surface area contributed by atoms with Gasteiger partial charge in [0, 0.05) is 11.4 Å². The molecular weight excluding hydrogens is 254 g/mol. The molecule has 0 radical (unpaired) electrons. The van der Waals surface area contributed by atoms with Gasteiger partial charge in [0.25, 0.3) is 0 Å². The van der Waals surface area contributed by atoms with Gasteiger partial charge in [-0.1, -0.05) is 19.1 Å². The fraction of sp³-hybridized carbons (Fsp3) is 0.267. The predicted octanol–water partition coefficient (Wildman–Crippen LogP) is 4.37. The highest BCUT2D eigenvalue weighted by Gasteiger charge is 2.02. The molecule has 0 aliphatic rings. The highest BCUT2D eigenvalue weighted by Crippen LogP contribution is 2.28. The van der Waals surface area contributed by atoms with Crippen LogP contribution in [0.25, 0.3) is 0 Å². The Morgan fingerprint density at radius 2 is 1.95 bits per heavy atom. The molecule has 0 unspecified atom stereocenters. The number of nitrogens with one attached hydrogen (secondary N) is 2. The standard InChI is InChI=1S/C15H19N3S/c1-3-8-17-12-9-13(11-16-10-12)18-14-6-4-5-7-15(14)19-2/h4-7,9-11,17-18H,3,8H2,1-2H3. The molecule has 0 aliphatic carbocycles. The number of hydrogen-bond donors (Lipinski definition) is 2. The van der Waals surface area contributed by atoms with E-state index in [1.54, 1.807) is 11.8 Å². The molecule has 0 bridgehead atoms. The lowest BCUT2D eigenvalue weighted by atomic mass is 10.3. The van der Waals surface area contributed by atoms with Crippen molar-refractivity contribution in [2.24, 2.45) is 0 Å². The summed E-state index contributed by atoms with van der Waals surface area (Å²) in [6.45, 7) is 3.11. The molecule has 2 aromatic rings. The van der Waals surface area contributed by atoms with Crippen LogP contribution in [0, 0.1) is 0 Å². The fourth-order valence-electron chi connectivity index (χ4n) is 1.78. The first-order valence-corrected chi connectivity index (χ1v) is 7.65. The molecule has 19 heavy (non-hydrogen) atoms. The van der Waals surface area contributed by atoms with E-state index in [4.69, 9.17) is 0 Å². The second kappa shape index (κ2) is 7.04. The monoisotopic (exact) mass is 273 g/mol. The molecule has 1 heterocycles. The van der Waals surface area contributed by atoms with Crippen molar-refractivity contribution in [1.82, 2.24) is 4.98 Å². The first kappa shape index (κ1) is 13.7. The highest BCUT2D eigenvalue weighted by molar-refractivity contribution is 7.98. The van der Waals surface area contributed by atoms with Crippen LogP contribution < -0.4 is 10.6 Å². The summed E-state index contributed by atoms with van der Waals surface area (Å²) in [5.74, 6) is 0. The van der Waals surface area contributed by atoms with Gasteiger partial charge in [0.2, 0.25) is 0 Å². The van der Waals surface area contributed by atoms with Gasteiger partial charge in [-0.25, -0.2) is 0 Å². The van der Waals surface area contributed by atoms with Crippen LogP contribution in [0.4, 0.5) is 17.1 Å². The van der Waals surface area contributed by atoms with Crippen molar-refractivity contribution >= 4 is 28.8 Å². The number of thioether (sulfide) groups is 1. The van der Waals surface area contributed by atoms with Gasteiger partial charge in [0.1, 0.15) is 0 Å². The smallest absolute Gasteiger partial charge is 0.0591 e. The first-order chi connectivity index (χ1) is 9.33. The number of benzene rings is 1. The summed E-state index contributed by atoms with van der Waals surface area (Å²) in [7, 11) is 0. The lowest BCUT2D eigenvalue weighted by molar-refractivity contribution is 0.977. The first-order valence-electron chi connectivity index (χ1n) is 6.42. The van der Waals surface area contributed by atoms with E-state index in [9.17, 15) is 0 Å². The molecule has 100 valence electrons. The Bertz CT molecular complexity index is 528. The Hall–Kier alpha value is -1.68. The zero-order chi connectivity index (χ0) is 13.5. The highest BCUT2D eigenvalue weighted by atomic mass is 32.2. The molecule has 2 rings (SSSR count). The van der Waals surface area contributed by atoms with Gasteiger partial charge >= 0.3 is 0 Å². The summed E-state index contributed by atoms with van der Waals surface area (Å²) in [6, 6.07) is 10.4. The maximum absolute atomic E-state index is 4.26. The summed E-state index contributed by atoms with van der Waals surface area (Å²) in [4.78, 5) is 5.49. The van der Waals surface area contributed by atoms with Crippen molar-refractivity contribution in [1.29, 1.82) is 0 Å². The topological polar surface area (TPSA) is 37.0 Å². The van der Waals surface area contributed by atoms with Gasteiger partial charge in [-0.05, 0) is 30.9 Å². The fourth-order valence-corrected chi connectivity index (χ4v) is 2.33. The van der Waals surface area contributed by atoms with Crippen molar-refractivity contribution in [3.63, 3.8) is 0 Å². The zero-order valence-corrected chi connectivity index (χ0v) is 12.1. The average Bonchev–Trinajstić information content (AvgIpc) is 2.46. The molecule has 1 aromatic carbocycles. The van der Waals surface area contributed by atoms with E-state index in [-0.39, 0.29) is 0 Å². The number of aromatic nitrogens is 1. The van der Waals surface area contributed by atoms with Crippen molar-refractivity contribution in [2.45, 2.75) is 18.2 Å². The van der Waals surface area contributed by atoms with Gasteiger partial charge < -0.3 is 10.6 Å². The summed E-state index contributed by atoms with van der Waals surface area (Å²) >= 11 is 1.73. The lowest BCUT2D eigenvalue weighted by Gasteiger charge is -2.11. The molecule has 0 spiro atoms. The lowest BCUT2D eigenvalue weighted by Crippen LogP contribution is -2.01. The second-order valence-electron chi connectivity index (χ2n) is 4.21. The van der Waals surface area contributed by atoms with E-state index >= 15 is 0 Å². The minimum Gasteiger partial charge on any atom is -0.384 e. The van der Waals surface area contributed by atoms with Crippen LogP contribution in [-0.2, 0) is 0 Å². The maximum atomic E-state index is 4.26. The van der Waals surface area contributed by atoms with Crippen LogP contribution in [0.5, 0.6) is 0 Å². The molecule has 0 saturated heterocycles. The number of anilines is 3. The van der Waals surface area contributed by atoms with Crippen LogP contribution in [0.3, 0.4) is 0 Å². The Kier molecular flexibility index (Phi) is 5.10. The number of nitrogens with zero attached hydrogens (tertiary/aromatic N) is 1. The van der Waals surface area contributed by atoms with Crippen LogP contribution in [0.2, 0.25) is 0 Å². The van der Waals surface area contributed by atoms with Crippen LogP contribution in [-0.4, -0.2) is 17.8 Å². The van der Waals surface area contributed by atoms with E-state index < -0.39 is 0 Å². The quantitative estimate of drug-likeness (QED) is 0.766. The van der Waals surface area contributed by atoms with E-state index in [1.807, 2.05) is 18.5 Å². The third-order valence-electron chi connectivity index (χ3n) is 2.70. The number of hydrogen-bond acceptors (Lipinski definition) is 4. The van der Waals surface area contributed by atoms with E-state index in [1.165, 1.54) is 4.90 Å². The molecule has 0 saturated carbocycles. The molecule has 3 nitrogen and oxygen atoms in total. The van der Waals surface area contributed by atoms with Gasteiger partial charge in [0.15, 0.2) is 0 Å². The zero-order valence-electron chi connectivity index (χ0n) is 11.3. The van der Waals surface area contributed by atoms with E-state index in [2.05, 4.69) is 53.1 Å². The van der Waals surface area contributed by atoms with E-state index in [0.717, 1.165) is 30.0 Å². The molecule has 1 aromatic heterocycles. The second-order valence-corrected chi connectivity index (χ2v) is 5.06. The Balaban J connectivity index is 2.14. The summed E-state index contributed by atoms with van der Waals surface area (Å²) in [6.07, 6.45) is 6.88. The van der Waals surface area contributed by atoms with Crippen molar-refractivity contribution in [3.8, 4) is 0 Å². The number of para-hydroxylation sites is 1. The molecule has 2 N–H and O–H groups in total. The third kappa shape index (κ3) is 3.89. The summed E-state index contributed by atoms with van der Waals surface area (Å²) in [5, 5.41) is 6.76. The van der Waals surface area contributed by atoms with Crippen LogP contribution in [0.1, 0.15) is 13.3 Å². The normalized spacial score (nSPS) is 10.2. The van der Waals surface area contributed by atoms with Crippen LogP contribution in [0.15, 0.2) is 47.6 Å². The molecule has 0 atom stereocenters. The van der Waals surface area contributed by atoms with Crippen molar-refractivity contribution in [3.05, 3.63) is 42.7 Å². The molecule has 4 heteroatoms. The predicted molar refractivity (Wildman–Crippen MR) is 84.5 cm³/mol. The van der Waals surface area contributed by atoms with E-state index in [0.29, 0.717) is 0 Å². The minimum absolute atomic E-state index is 0.965.